The minimum atomic E-state index is -3.77. The molecule has 1 fully saturated rings. The standard InChI is InChI=1S/C6H10N2O3S/c1-4(12(7,10)11)5-2-3-8-6(5)9/h5H,1-3H2,(H,8,9)(H2,7,10,11). The van der Waals surface area contributed by atoms with Crippen LogP contribution in [0.15, 0.2) is 11.5 Å². The van der Waals surface area contributed by atoms with Crippen molar-refractivity contribution in [3.8, 4) is 0 Å². The van der Waals surface area contributed by atoms with E-state index in [9.17, 15) is 13.2 Å². The van der Waals surface area contributed by atoms with Gasteiger partial charge in [-0.25, -0.2) is 13.6 Å². The number of carbonyl (C=O) groups excluding carboxylic acids is 1. The third kappa shape index (κ3) is 1.64. The Balaban J connectivity index is 2.85. The summed E-state index contributed by atoms with van der Waals surface area (Å²) >= 11 is 0. The second-order valence-corrected chi connectivity index (χ2v) is 4.26. The van der Waals surface area contributed by atoms with Gasteiger partial charge in [0.2, 0.25) is 15.9 Å². The van der Waals surface area contributed by atoms with Crippen LogP contribution in [-0.2, 0) is 14.8 Å². The molecule has 68 valence electrons. The lowest BCUT2D eigenvalue weighted by atomic mass is 10.1. The lowest BCUT2D eigenvalue weighted by Crippen LogP contribution is -2.26. The number of hydrogen-bond donors (Lipinski definition) is 2. The first-order valence-corrected chi connectivity index (χ1v) is 4.97. The van der Waals surface area contributed by atoms with Crippen molar-refractivity contribution in [2.75, 3.05) is 6.54 Å². The molecular formula is C6H10N2O3S. The third-order valence-electron chi connectivity index (χ3n) is 1.80. The average Bonchev–Trinajstić information content (AvgIpc) is 2.31. The molecule has 0 saturated carbocycles. The Morgan fingerprint density at radius 1 is 1.67 bits per heavy atom. The van der Waals surface area contributed by atoms with Crippen LogP contribution in [0, 0.1) is 5.92 Å². The minimum absolute atomic E-state index is 0.197. The highest BCUT2D eigenvalue weighted by molar-refractivity contribution is 7.93. The lowest BCUT2D eigenvalue weighted by molar-refractivity contribution is -0.121. The van der Waals surface area contributed by atoms with Crippen molar-refractivity contribution in [3.63, 3.8) is 0 Å². The summed E-state index contributed by atoms with van der Waals surface area (Å²) in [6.45, 7) is 3.77. The first kappa shape index (κ1) is 9.21. The maximum absolute atomic E-state index is 11.0. The number of carbonyl (C=O) groups is 1. The molecule has 3 N–H and O–H groups in total. The molecule has 6 heteroatoms. The van der Waals surface area contributed by atoms with Crippen LogP contribution in [0.25, 0.3) is 0 Å². The first-order valence-electron chi connectivity index (χ1n) is 3.42. The number of primary sulfonamides is 1. The molecule has 0 bridgehead atoms. The highest BCUT2D eigenvalue weighted by Gasteiger charge is 2.31. The van der Waals surface area contributed by atoms with Crippen LogP contribution in [0.2, 0.25) is 0 Å². The van der Waals surface area contributed by atoms with Crippen LogP contribution in [0.3, 0.4) is 0 Å². The third-order valence-corrected chi connectivity index (χ3v) is 2.82. The topological polar surface area (TPSA) is 89.3 Å². The fourth-order valence-electron chi connectivity index (χ4n) is 1.10. The van der Waals surface area contributed by atoms with Crippen molar-refractivity contribution in [3.05, 3.63) is 11.5 Å². The van der Waals surface area contributed by atoms with Gasteiger partial charge in [-0.1, -0.05) is 6.58 Å². The van der Waals surface area contributed by atoms with Gasteiger partial charge in [0.1, 0.15) is 0 Å². The van der Waals surface area contributed by atoms with Crippen molar-refractivity contribution in [2.45, 2.75) is 6.42 Å². The Morgan fingerprint density at radius 2 is 2.25 bits per heavy atom. The van der Waals surface area contributed by atoms with E-state index in [-0.39, 0.29) is 10.8 Å². The van der Waals surface area contributed by atoms with Crippen LogP contribution in [0.4, 0.5) is 0 Å². The Morgan fingerprint density at radius 3 is 2.58 bits per heavy atom. The zero-order valence-electron chi connectivity index (χ0n) is 6.41. The van der Waals surface area contributed by atoms with Crippen LogP contribution >= 0.6 is 0 Å². The fourth-order valence-corrected chi connectivity index (χ4v) is 1.72. The van der Waals surface area contributed by atoms with Crippen molar-refractivity contribution in [2.24, 2.45) is 11.1 Å². The lowest BCUT2D eigenvalue weighted by Gasteiger charge is -2.06. The summed E-state index contributed by atoms with van der Waals surface area (Å²) < 4.78 is 21.5. The maximum Gasteiger partial charge on any atom is 0.234 e. The van der Waals surface area contributed by atoms with E-state index in [2.05, 4.69) is 11.9 Å². The number of rotatable bonds is 2. The second-order valence-electron chi connectivity index (χ2n) is 2.64. The number of sulfonamides is 1. The molecule has 1 unspecified atom stereocenters. The molecule has 12 heavy (non-hydrogen) atoms. The summed E-state index contributed by atoms with van der Waals surface area (Å²) in [5, 5.41) is 7.32. The van der Waals surface area contributed by atoms with Gasteiger partial charge >= 0.3 is 0 Å². The number of hydrogen-bond acceptors (Lipinski definition) is 3. The molecule has 0 radical (unpaired) electrons. The van der Waals surface area contributed by atoms with Gasteiger partial charge in [-0.05, 0) is 6.42 Å². The van der Waals surface area contributed by atoms with Gasteiger partial charge in [0.25, 0.3) is 0 Å². The fraction of sp³-hybridized carbons (Fsp3) is 0.500. The normalized spacial score (nSPS) is 23.8. The molecule has 5 nitrogen and oxygen atoms in total. The van der Waals surface area contributed by atoms with Gasteiger partial charge in [0, 0.05) is 6.54 Å². The highest BCUT2D eigenvalue weighted by atomic mass is 32.2. The molecule has 0 spiro atoms. The molecule has 1 rings (SSSR count). The molecule has 1 saturated heterocycles. The Hall–Kier alpha value is -0.880. The number of nitrogens with one attached hydrogen (secondary N) is 1. The van der Waals surface area contributed by atoms with Gasteiger partial charge < -0.3 is 5.32 Å². The van der Waals surface area contributed by atoms with Crippen molar-refractivity contribution < 1.29 is 13.2 Å². The molecular weight excluding hydrogens is 180 g/mol. The van der Waals surface area contributed by atoms with E-state index in [1.807, 2.05) is 0 Å². The number of amides is 1. The summed E-state index contributed by atoms with van der Waals surface area (Å²) in [4.78, 5) is 10.8. The van der Waals surface area contributed by atoms with Crippen LogP contribution in [0.1, 0.15) is 6.42 Å². The molecule has 1 heterocycles. The molecule has 1 aliphatic heterocycles. The second kappa shape index (κ2) is 2.87. The Bertz CT molecular complexity index is 320. The van der Waals surface area contributed by atoms with Crippen LogP contribution in [-0.4, -0.2) is 20.9 Å². The van der Waals surface area contributed by atoms with E-state index in [1.54, 1.807) is 0 Å². The SMILES string of the molecule is C=C(C1CCNC1=O)S(N)(=O)=O. The van der Waals surface area contributed by atoms with E-state index < -0.39 is 15.9 Å². The molecule has 1 aliphatic rings. The average molecular weight is 190 g/mol. The molecule has 0 aromatic heterocycles. The van der Waals surface area contributed by atoms with Crippen LogP contribution < -0.4 is 10.5 Å². The van der Waals surface area contributed by atoms with E-state index in [0.29, 0.717) is 13.0 Å². The number of nitrogens with two attached hydrogens (primary N) is 1. The van der Waals surface area contributed by atoms with Gasteiger partial charge in [-0.2, -0.15) is 0 Å². The van der Waals surface area contributed by atoms with Crippen LogP contribution in [0.5, 0.6) is 0 Å². The quantitative estimate of drug-likeness (QED) is 0.580. The van der Waals surface area contributed by atoms with E-state index in [0.717, 1.165) is 0 Å². The summed E-state index contributed by atoms with van der Waals surface area (Å²) in [6, 6.07) is 0. The van der Waals surface area contributed by atoms with Gasteiger partial charge in [0.15, 0.2) is 0 Å². The monoisotopic (exact) mass is 190 g/mol. The molecule has 1 amide bonds. The highest BCUT2D eigenvalue weighted by Crippen LogP contribution is 2.20. The smallest absolute Gasteiger partial charge is 0.234 e. The molecule has 0 aromatic carbocycles. The van der Waals surface area contributed by atoms with Gasteiger partial charge in [0.05, 0.1) is 10.8 Å². The Labute approximate surface area is 70.7 Å². The summed E-state index contributed by atoms with van der Waals surface area (Å²) in [5.74, 6) is -0.978. The van der Waals surface area contributed by atoms with Crippen molar-refractivity contribution >= 4 is 15.9 Å². The largest absolute Gasteiger partial charge is 0.356 e. The van der Waals surface area contributed by atoms with E-state index in [1.165, 1.54) is 0 Å². The van der Waals surface area contributed by atoms with E-state index in [4.69, 9.17) is 5.14 Å². The predicted molar refractivity (Wildman–Crippen MR) is 43.4 cm³/mol. The van der Waals surface area contributed by atoms with Gasteiger partial charge in [-0.15, -0.1) is 0 Å². The maximum atomic E-state index is 11.0. The zero-order chi connectivity index (χ0) is 9.35. The summed E-state index contributed by atoms with van der Waals surface area (Å²) in [6.07, 6.45) is 0.452. The molecule has 0 aromatic rings. The molecule has 0 aliphatic carbocycles. The first-order chi connectivity index (χ1) is 5.43. The predicted octanol–water partition coefficient (Wildman–Crippen LogP) is -1.08. The van der Waals surface area contributed by atoms with E-state index >= 15 is 0 Å². The van der Waals surface area contributed by atoms with Crippen molar-refractivity contribution in [1.82, 2.24) is 5.32 Å². The summed E-state index contributed by atoms with van der Waals surface area (Å²) in [7, 11) is -3.77. The minimum Gasteiger partial charge on any atom is -0.356 e. The Kier molecular flexibility index (Phi) is 2.20. The van der Waals surface area contributed by atoms with Crippen molar-refractivity contribution in [1.29, 1.82) is 0 Å². The summed E-state index contributed by atoms with van der Waals surface area (Å²) in [5.41, 5.74) is 0. The zero-order valence-corrected chi connectivity index (χ0v) is 7.23. The van der Waals surface area contributed by atoms with Gasteiger partial charge in [-0.3, -0.25) is 4.79 Å². The molecule has 1 atom stereocenters.